The second-order valence-corrected chi connectivity index (χ2v) is 4.97. The molecule has 1 aromatic carbocycles. The molecule has 1 aliphatic rings. The summed E-state index contributed by atoms with van der Waals surface area (Å²) in [4.78, 5) is 5.18. The van der Waals surface area contributed by atoms with Crippen LogP contribution in [0.1, 0.15) is 19.3 Å². The Morgan fingerprint density at radius 3 is 3.00 bits per heavy atom. The molecule has 0 N–H and O–H groups in total. The highest BCUT2D eigenvalue weighted by molar-refractivity contribution is 8.00. The van der Waals surface area contributed by atoms with Gasteiger partial charge in [-0.3, -0.25) is 0 Å². The van der Waals surface area contributed by atoms with Gasteiger partial charge in [-0.05, 0) is 43.6 Å². The van der Waals surface area contributed by atoms with E-state index >= 15 is 0 Å². The summed E-state index contributed by atoms with van der Waals surface area (Å²) in [5.41, 5.74) is 1.15. The molecule has 4 heteroatoms. The summed E-state index contributed by atoms with van der Waals surface area (Å²) in [6.07, 6.45) is 3.54. The molecule has 0 aromatic heterocycles. The van der Waals surface area contributed by atoms with Crippen LogP contribution in [-0.4, -0.2) is 17.2 Å². The van der Waals surface area contributed by atoms with Crippen LogP contribution in [0.15, 0.2) is 34.2 Å². The second kappa shape index (κ2) is 6.16. The van der Waals surface area contributed by atoms with E-state index in [9.17, 15) is 0 Å². The summed E-state index contributed by atoms with van der Waals surface area (Å²) in [7, 11) is 0. The molecule has 2 nitrogen and oxygen atoms in total. The number of nitrogens with zero attached hydrogens (tertiary/aromatic N) is 1. The Hall–Kier alpha value is -0.670. The van der Waals surface area contributed by atoms with E-state index in [2.05, 4.69) is 22.4 Å². The molecule has 1 aromatic rings. The van der Waals surface area contributed by atoms with Crippen LogP contribution in [0.5, 0.6) is 0 Å². The molecule has 0 saturated carbocycles. The summed E-state index contributed by atoms with van der Waals surface area (Å²) in [6, 6.07) is 7.96. The second-order valence-electron chi connectivity index (χ2n) is 3.58. The van der Waals surface area contributed by atoms with Gasteiger partial charge < -0.3 is 4.74 Å². The van der Waals surface area contributed by atoms with E-state index in [0.717, 1.165) is 23.6 Å². The fourth-order valence-electron chi connectivity index (χ4n) is 1.64. The first-order chi connectivity index (χ1) is 7.90. The average molecular weight is 251 g/mol. The first-order valence-corrected chi connectivity index (χ1v) is 6.64. The summed E-state index contributed by atoms with van der Waals surface area (Å²) < 4.78 is 5.69. The molecule has 84 valence electrons. The summed E-state index contributed by atoms with van der Waals surface area (Å²) >= 11 is 6.37. The lowest BCUT2D eigenvalue weighted by molar-refractivity contribution is 0.0728. The van der Waals surface area contributed by atoms with Crippen molar-refractivity contribution in [2.45, 2.75) is 29.6 Å². The van der Waals surface area contributed by atoms with Crippen LogP contribution in [0.2, 0.25) is 0 Å². The van der Waals surface area contributed by atoms with Gasteiger partial charge in [0, 0.05) is 11.5 Å². The molecule has 0 radical (unpaired) electrons. The van der Waals surface area contributed by atoms with Crippen LogP contribution in [-0.2, 0) is 4.74 Å². The van der Waals surface area contributed by atoms with Crippen LogP contribution < -0.4 is 0 Å². The minimum absolute atomic E-state index is 0.259. The number of ether oxygens (including phenoxy) is 1. The van der Waals surface area contributed by atoms with E-state index in [1.54, 1.807) is 11.8 Å². The van der Waals surface area contributed by atoms with Crippen molar-refractivity contribution in [2.24, 2.45) is 4.99 Å². The number of rotatable bonds is 3. The van der Waals surface area contributed by atoms with Crippen molar-refractivity contribution in [1.29, 1.82) is 0 Å². The number of hydrogen-bond donors (Lipinski definition) is 0. The number of isothiocyanates is 1. The van der Waals surface area contributed by atoms with Crippen LogP contribution in [0.4, 0.5) is 5.69 Å². The van der Waals surface area contributed by atoms with E-state index < -0.39 is 0 Å². The number of thiocarbonyl (C=S) groups is 1. The number of aliphatic imine (C=N–C) groups is 1. The zero-order chi connectivity index (χ0) is 11.2. The lowest BCUT2D eigenvalue weighted by atomic mass is 10.2. The molecule has 1 atom stereocenters. The molecule has 0 amide bonds. The van der Waals surface area contributed by atoms with Gasteiger partial charge >= 0.3 is 0 Å². The van der Waals surface area contributed by atoms with E-state index in [4.69, 9.17) is 4.74 Å². The van der Waals surface area contributed by atoms with Gasteiger partial charge in [0.1, 0.15) is 5.44 Å². The van der Waals surface area contributed by atoms with Crippen molar-refractivity contribution >= 4 is 34.8 Å². The quantitative estimate of drug-likeness (QED) is 0.598. The monoisotopic (exact) mass is 251 g/mol. The fourth-order valence-corrected chi connectivity index (χ4v) is 2.87. The predicted octanol–water partition coefficient (Wildman–Crippen LogP) is 4.04. The Labute approximate surface area is 105 Å². The summed E-state index contributed by atoms with van der Waals surface area (Å²) in [5, 5.41) is 2.42. The Morgan fingerprint density at radius 1 is 1.38 bits per heavy atom. The van der Waals surface area contributed by atoms with E-state index in [1.165, 1.54) is 12.8 Å². The molecule has 0 bridgehead atoms. The van der Waals surface area contributed by atoms with Crippen LogP contribution >= 0.6 is 24.0 Å². The van der Waals surface area contributed by atoms with Crippen molar-refractivity contribution in [1.82, 2.24) is 0 Å². The normalized spacial score (nSPS) is 20.1. The largest absolute Gasteiger partial charge is 0.367 e. The SMILES string of the molecule is S=C=Nc1ccccc1SC1CCCCO1. The summed E-state index contributed by atoms with van der Waals surface area (Å²) in [5.74, 6) is 0. The number of thioether (sulfide) groups is 1. The standard InChI is InChI=1S/C12H13NOS2/c15-9-13-10-5-1-2-6-11(10)16-12-7-3-4-8-14-12/h1-2,5-6,12H,3-4,7-8H2. The summed E-state index contributed by atoms with van der Waals surface area (Å²) in [6.45, 7) is 0.871. The fraction of sp³-hybridized carbons (Fsp3) is 0.417. The van der Waals surface area contributed by atoms with Crippen molar-refractivity contribution in [3.8, 4) is 0 Å². The molecule has 1 aliphatic heterocycles. The highest BCUT2D eigenvalue weighted by Crippen LogP contribution is 2.35. The van der Waals surface area contributed by atoms with Gasteiger partial charge in [0.15, 0.2) is 0 Å². The number of benzene rings is 1. The minimum atomic E-state index is 0.259. The van der Waals surface area contributed by atoms with Crippen LogP contribution in [0, 0.1) is 0 Å². The van der Waals surface area contributed by atoms with Gasteiger partial charge in [-0.1, -0.05) is 23.9 Å². The molecule has 0 spiro atoms. The maximum absolute atomic E-state index is 5.69. The molecule has 0 aliphatic carbocycles. The maximum atomic E-state index is 5.69. The Bertz CT molecular complexity index is 396. The molecule has 1 fully saturated rings. The minimum Gasteiger partial charge on any atom is -0.367 e. The van der Waals surface area contributed by atoms with Gasteiger partial charge in [-0.15, -0.1) is 0 Å². The maximum Gasteiger partial charge on any atom is 0.107 e. The van der Waals surface area contributed by atoms with E-state index in [-0.39, 0.29) is 5.44 Å². The Balaban J connectivity index is 2.10. The van der Waals surface area contributed by atoms with Gasteiger partial charge in [0.25, 0.3) is 0 Å². The first-order valence-electron chi connectivity index (χ1n) is 5.35. The Morgan fingerprint density at radius 2 is 2.25 bits per heavy atom. The zero-order valence-corrected chi connectivity index (χ0v) is 10.5. The van der Waals surface area contributed by atoms with Crippen molar-refractivity contribution in [2.75, 3.05) is 6.61 Å². The molecule has 1 saturated heterocycles. The average Bonchev–Trinajstić information content (AvgIpc) is 2.33. The van der Waals surface area contributed by atoms with Gasteiger partial charge in [-0.2, -0.15) is 4.99 Å². The number of hydrogen-bond acceptors (Lipinski definition) is 4. The van der Waals surface area contributed by atoms with Gasteiger partial charge in [0.2, 0.25) is 0 Å². The van der Waals surface area contributed by atoms with Crippen molar-refractivity contribution in [3.05, 3.63) is 24.3 Å². The van der Waals surface area contributed by atoms with Crippen LogP contribution in [0.3, 0.4) is 0 Å². The lowest BCUT2D eigenvalue weighted by Gasteiger charge is -2.22. The molecular weight excluding hydrogens is 238 g/mol. The van der Waals surface area contributed by atoms with E-state index in [1.807, 2.05) is 24.3 Å². The lowest BCUT2D eigenvalue weighted by Crippen LogP contribution is -2.14. The molecule has 2 rings (SSSR count). The Kier molecular flexibility index (Phi) is 4.55. The van der Waals surface area contributed by atoms with Crippen molar-refractivity contribution in [3.63, 3.8) is 0 Å². The third-order valence-electron chi connectivity index (χ3n) is 2.43. The molecule has 1 heterocycles. The topological polar surface area (TPSA) is 21.6 Å². The van der Waals surface area contributed by atoms with Gasteiger partial charge in [0.05, 0.1) is 10.8 Å². The van der Waals surface area contributed by atoms with E-state index in [0.29, 0.717) is 0 Å². The molecular formula is C12H13NOS2. The third-order valence-corrected chi connectivity index (χ3v) is 3.75. The van der Waals surface area contributed by atoms with Crippen LogP contribution in [0.25, 0.3) is 0 Å². The molecule has 16 heavy (non-hydrogen) atoms. The smallest absolute Gasteiger partial charge is 0.107 e. The zero-order valence-electron chi connectivity index (χ0n) is 8.89. The highest BCUT2D eigenvalue weighted by atomic mass is 32.2. The van der Waals surface area contributed by atoms with Gasteiger partial charge in [-0.25, -0.2) is 0 Å². The van der Waals surface area contributed by atoms with Crippen molar-refractivity contribution < 1.29 is 4.74 Å². The molecule has 1 unspecified atom stereocenters. The predicted molar refractivity (Wildman–Crippen MR) is 70.6 cm³/mol. The number of para-hydroxylation sites is 1. The third kappa shape index (κ3) is 3.16. The highest BCUT2D eigenvalue weighted by Gasteiger charge is 2.16. The first kappa shape index (κ1) is 11.8.